The van der Waals surface area contributed by atoms with Crippen LogP contribution in [0.15, 0.2) is 97.2 Å². The molecule has 10 atom stereocenters. The number of esters is 2. The first-order chi connectivity index (χ1) is 33.6. The van der Waals surface area contributed by atoms with Crippen molar-refractivity contribution in [3.05, 3.63) is 97.2 Å². The second-order valence-corrected chi connectivity index (χ2v) is 19.8. The molecule has 1 aliphatic carbocycles. The Bertz CT molecular complexity index is 1790. The van der Waals surface area contributed by atoms with Crippen molar-refractivity contribution in [2.24, 2.45) is 0 Å². The molecule has 70 heavy (non-hydrogen) atoms. The number of phosphoric ester groups is 2. The van der Waals surface area contributed by atoms with Gasteiger partial charge in [0, 0.05) is 12.8 Å². The molecule has 0 aromatic heterocycles. The minimum Gasteiger partial charge on any atom is -0.462 e. The van der Waals surface area contributed by atoms with Crippen molar-refractivity contribution in [3.63, 3.8) is 0 Å². The van der Waals surface area contributed by atoms with Gasteiger partial charge in [-0.2, -0.15) is 0 Å². The monoisotopic (exact) mass is 1030 g/mol. The van der Waals surface area contributed by atoms with Gasteiger partial charge in [-0.3, -0.25) is 23.2 Å². The molecule has 1 aliphatic heterocycles. The van der Waals surface area contributed by atoms with Gasteiger partial charge < -0.3 is 49.3 Å². The van der Waals surface area contributed by atoms with Crippen LogP contribution in [0, 0.1) is 0 Å². The zero-order chi connectivity index (χ0) is 51.5. The lowest BCUT2D eigenvalue weighted by molar-refractivity contribution is -0.216. The van der Waals surface area contributed by atoms with Gasteiger partial charge in [0.15, 0.2) is 6.10 Å². The second-order valence-electron chi connectivity index (χ2n) is 17.2. The SMILES string of the molecule is CC/C=C\C/C=C\C/C=C\C/C=C\C/C=C\CCCCCC(=O)OC[C@H](COP(=O)(O)O[C@H]1C(O)C(O)C(O)[C@@H](OP(=O)(O)O)C1O)OC(=O)CCC/C=C\C/C=C\CC1OC1C/C=C\CCCCC. The summed E-state index contributed by atoms with van der Waals surface area (Å²) in [5.74, 6) is -1.32. The Morgan fingerprint density at radius 3 is 1.56 bits per heavy atom. The van der Waals surface area contributed by atoms with Crippen LogP contribution in [-0.4, -0.2) is 115 Å². The predicted octanol–water partition coefficient (Wildman–Crippen LogP) is 8.94. The average molecular weight is 1030 g/mol. The largest absolute Gasteiger partial charge is 0.472 e. The van der Waals surface area contributed by atoms with Crippen LogP contribution in [0.25, 0.3) is 0 Å². The van der Waals surface area contributed by atoms with E-state index >= 15 is 0 Å². The third-order valence-electron chi connectivity index (χ3n) is 11.0. The molecule has 19 heteroatoms. The molecule has 0 radical (unpaired) electrons. The Morgan fingerprint density at radius 2 is 1.00 bits per heavy atom. The number of aliphatic hydroxyl groups excluding tert-OH is 4. The van der Waals surface area contributed by atoms with Gasteiger partial charge in [-0.05, 0) is 96.3 Å². The van der Waals surface area contributed by atoms with Crippen LogP contribution >= 0.6 is 15.6 Å². The summed E-state index contributed by atoms with van der Waals surface area (Å²) in [6.45, 7) is 2.88. The Balaban J connectivity index is 1.82. The fourth-order valence-corrected chi connectivity index (χ4v) is 8.62. The van der Waals surface area contributed by atoms with E-state index in [-0.39, 0.29) is 25.0 Å². The number of carbonyl (C=O) groups is 2. The highest BCUT2D eigenvalue weighted by Crippen LogP contribution is 2.49. The topological polar surface area (TPSA) is 269 Å². The molecular formula is C51H82O17P2. The lowest BCUT2D eigenvalue weighted by Gasteiger charge is -2.43. The van der Waals surface area contributed by atoms with E-state index in [1.165, 1.54) is 19.3 Å². The van der Waals surface area contributed by atoms with E-state index in [0.29, 0.717) is 25.7 Å². The summed E-state index contributed by atoms with van der Waals surface area (Å²) in [5, 5.41) is 41.3. The summed E-state index contributed by atoms with van der Waals surface area (Å²) >= 11 is 0. The summed E-state index contributed by atoms with van der Waals surface area (Å²) < 4.78 is 55.1. The van der Waals surface area contributed by atoms with Crippen LogP contribution in [0.2, 0.25) is 0 Å². The maximum absolute atomic E-state index is 13.0. The molecular weight excluding hydrogens is 946 g/mol. The number of epoxide rings is 1. The molecule has 0 bridgehead atoms. The van der Waals surface area contributed by atoms with Gasteiger partial charge in [-0.15, -0.1) is 0 Å². The normalized spacial score (nSPS) is 24.7. The average Bonchev–Trinajstić information content (AvgIpc) is 4.08. The number of ether oxygens (including phenoxy) is 3. The maximum Gasteiger partial charge on any atom is 0.472 e. The summed E-state index contributed by atoms with van der Waals surface area (Å²) in [6, 6.07) is 0. The lowest BCUT2D eigenvalue weighted by Crippen LogP contribution is -2.64. The van der Waals surface area contributed by atoms with E-state index in [9.17, 15) is 53.8 Å². The molecule has 2 aliphatic rings. The highest BCUT2D eigenvalue weighted by atomic mass is 31.2. The highest BCUT2D eigenvalue weighted by Gasteiger charge is 2.54. The van der Waals surface area contributed by atoms with Crippen molar-refractivity contribution in [1.29, 1.82) is 0 Å². The van der Waals surface area contributed by atoms with Gasteiger partial charge in [-0.25, -0.2) is 9.13 Å². The number of hydrogen-bond acceptors (Lipinski definition) is 14. The van der Waals surface area contributed by atoms with Crippen molar-refractivity contribution in [1.82, 2.24) is 0 Å². The van der Waals surface area contributed by atoms with E-state index in [1.807, 2.05) is 12.2 Å². The van der Waals surface area contributed by atoms with Crippen LogP contribution in [0.4, 0.5) is 0 Å². The quantitative estimate of drug-likeness (QED) is 0.00995. The Morgan fingerprint density at radius 1 is 0.529 bits per heavy atom. The number of aliphatic hydroxyl groups is 4. The molecule has 398 valence electrons. The predicted molar refractivity (Wildman–Crippen MR) is 268 cm³/mol. The maximum atomic E-state index is 13.0. The van der Waals surface area contributed by atoms with Gasteiger partial charge >= 0.3 is 27.6 Å². The molecule has 2 rings (SSSR count). The Hall–Kier alpha value is -3.12. The van der Waals surface area contributed by atoms with Crippen LogP contribution in [0.3, 0.4) is 0 Å². The standard InChI is InChI=1S/C51H82O17P2/c1-3-5-7-9-11-12-13-14-15-16-17-18-19-20-21-22-25-29-33-37-44(52)63-39-41(40-64-70(61,62)68-51-48(56)46(54)47(55)50(49(51)57)67-69(58,59)60)65-45(53)38-34-30-26-23-24-28-32-36-43-42(66-43)35-31-27-10-8-6-4-2/h5,7,11-12,14-15,17-18,20-21,23,26-28,31-32,41-43,46-51,54-57H,3-4,6,8-10,13,16,19,22,24-25,29-30,33-40H2,1-2H3,(H,61,62)(H2,58,59,60)/b7-5-,12-11-,15-14-,18-17-,21-20-,26-23-,31-27-,32-28-/t41-,42?,43?,46?,47?,48?,49?,50-,51+/m1/s1. The molecule has 7 unspecified atom stereocenters. The number of phosphoric acid groups is 2. The van der Waals surface area contributed by atoms with Crippen LogP contribution in [0.1, 0.15) is 142 Å². The van der Waals surface area contributed by atoms with Crippen molar-refractivity contribution in [3.8, 4) is 0 Å². The van der Waals surface area contributed by atoms with E-state index in [2.05, 4.69) is 103 Å². The van der Waals surface area contributed by atoms with Crippen LogP contribution < -0.4 is 0 Å². The molecule has 0 aromatic carbocycles. The third-order valence-corrected chi connectivity index (χ3v) is 12.5. The number of hydrogen-bond donors (Lipinski definition) is 7. The second kappa shape index (κ2) is 37.6. The highest BCUT2D eigenvalue weighted by molar-refractivity contribution is 7.47. The fourth-order valence-electron chi connectivity index (χ4n) is 7.08. The first kappa shape index (κ1) is 63.0. The minimum absolute atomic E-state index is 0.0507. The summed E-state index contributed by atoms with van der Waals surface area (Å²) in [6.07, 6.45) is 35.3. The van der Waals surface area contributed by atoms with Crippen molar-refractivity contribution in [2.75, 3.05) is 13.2 Å². The van der Waals surface area contributed by atoms with Crippen LogP contribution in [-0.2, 0) is 46.5 Å². The zero-order valence-electron chi connectivity index (χ0n) is 41.1. The van der Waals surface area contributed by atoms with Crippen molar-refractivity contribution in [2.45, 2.75) is 197 Å². The number of unbranched alkanes of at least 4 members (excludes halogenated alkanes) is 7. The minimum atomic E-state index is -5.38. The van der Waals surface area contributed by atoms with Gasteiger partial charge in [0.25, 0.3) is 0 Å². The molecule has 0 amide bonds. The molecule has 1 saturated heterocycles. The summed E-state index contributed by atoms with van der Waals surface area (Å²) in [4.78, 5) is 54.4. The van der Waals surface area contributed by atoms with Gasteiger partial charge in [0.1, 0.15) is 43.2 Å². The first-order valence-corrected chi connectivity index (χ1v) is 27.9. The van der Waals surface area contributed by atoms with E-state index in [4.69, 9.17) is 23.3 Å². The van der Waals surface area contributed by atoms with E-state index < -0.39 is 83.5 Å². The smallest absolute Gasteiger partial charge is 0.462 e. The number of rotatable bonds is 39. The van der Waals surface area contributed by atoms with Crippen molar-refractivity contribution < 1.29 is 81.6 Å². The zero-order valence-corrected chi connectivity index (χ0v) is 42.9. The van der Waals surface area contributed by atoms with Gasteiger partial charge in [-0.1, -0.05) is 130 Å². The van der Waals surface area contributed by atoms with Crippen molar-refractivity contribution >= 4 is 27.6 Å². The Kier molecular flexibility index (Phi) is 33.8. The van der Waals surface area contributed by atoms with Gasteiger partial charge in [0.2, 0.25) is 0 Å². The fraction of sp³-hybridized carbons (Fsp3) is 0.647. The molecule has 1 heterocycles. The first-order valence-electron chi connectivity index (χ1n) is 24.9. The third kappa shape index (κ3) is 30.7. The van der Waals surface area contributed by atoms with Gasteiger partial charge in [0.05, 0.1) is 18.8 Å². The summed E-state index contributed by atoms with van der Waals surface area (Å²) in [7, 11) is -10.7. The molecule has 0 spiro atoms. The van der Waals surface area contributed by atoms with E-state index in [1.54, 1.807) is 0 Å². The molecule has 1 saturated carbocycles. The number of carbonyl (C=O) groups excluding carboxylic acids is 2. The molecule has 0 aromatic rings. The molecule has 17 nitrogen and oxygen atoms in total. The number of allylic oxidation sites excluding steroid dienone is 14. The lowest BCUT2D eigenvalue weighted by atomic mass is 9.85. The van der Waals surface area contributed by atoms with E-state index in [0.717, 1.165) is 70.6 Å². The summed E-state index contributed by atoms with van der Waals surface area (Å²) in [5.41, 5.74) is 0. The molecule has 2 fully saturated rings. The van der Waals surface area contributed by atoms with Crippen LogP contribution in [0.5, 0.6) is 0 Å². The molecule has 7 N–H and O–H groups in total. The Labute approximate surface area is 415 Å².